The summed E-state index contributed by atoms with van der Waals surface area (Å²) >= 11 is 0. The molecule has 0 saturated carbocycles. The van der Waals surface area contributed by atoms with Gasteiger partial charge in [-0.15, -0.1) is 0 Å². The summed E-state index contributed by atoms with van der Waals surface area (Å²) in [5.41, 5.74) is 1.06. The van der Waals surface area contributed by atoms with Crippen LogP contribution in [-0.4, -0.2) is 18.4 Å². The molecule has 1 aliphatic rings. The van der Waals surface area contributed by atoms with Crippen LogP contribution in [0.5, 0.6) is 0 Å². The van der Waals surface area contributed by atoms with E-state index in [0.717, 1.165) is 24.7 Å². The fraction of sp³-hybridized carbons (Fsp3) is 0.800. The van der Waals surface area contributed by atoms with E-state index in [9.17, 15) is 0 Å². The first-order chi connectivity index (χ1) is 8.70. The molecule has 1 fully saturated rings. The molecule has 0 bridgehead atoms. The van der Waals surface area contributed by atoms with E-state index >= 15 is 0 Å². The van der Waals surface area contributed by atoms with Crippen molar-refractivity contribution in [3.63, 3.8) is 0 Å². The van der Waals surface area contributed by atoms with Gasteiger partial charge in [0.25, 0.3) is 0 Å². The molecule has 1 aliphatic heterocycles. The lowest BCUT2D eigenvalue weighted by Crippen LogP contribution is -2.12. The minimum atomic E-state index is 0.911. The monoisotopic (exact) mass is 257 g/mol. The first-order valence-corrected chi connectivity index (χ1v) is 7.14. The number of rotatable bonds is 0. The topological polar surface area (TPSA) is 35.3 Å². The molecule has 1 aromatic heterocycles. The summed E-state index contributed by atoms with van der Waals surface area (Å²) in [5, 5.41) is 3.45. The molecule has 0 atom stereocenters. The highest BCUT2D eigenvalue weighted by Crippen LogP contribution is 2.11. The van der Waals surface area contributed by atoms with E-state index in [1.807, 2.05) is 20.8 Å². The van der Waals surface area contributed by atoms with Crippen LogP contribution in [-0.2, 0) is 4.74 Å². The summed E-state index contributed by atoms with van der Waals surface area (Å²) in [5.74, 6) is 0.911. The van der Waals surface area contributed by atoms with Crippen LogP contribution in [0.3, 0.4) is 0 Å². The van der Waals surface area contributed by atoms with Crippen molar-refractivity contribution in [3.05, 3.63) is 18.0 Å². The highest BCUT2D eigenvalue weighted by Gasteiger charge is 2.06. The summed E-state index contributed by atoms with van der Waals surface area (Å²) in [4.78, 5) is 0. The molecule has 1 saturated heterocycles. The molecule has 0 N–H and O–H groups in total. The Morgan fingerprint density at radius 2 is 1.72 bits per heavy atom. The van der Waals surface area contributed by atoms with E-state index in [0.29, 0.717) is 0 Å². The van der Waals surface area contributed by atoms with Gasteiger partial charge in [-0.25, -0.2) is 0 Å². The maximum atomic E-state index is 5.14. The molecule has 0 spiro atoms. The van der Waals surface area contributed by atoms with Crippen molar-refractivity contribution in [2.45, 2.75) is 60.8 Å². The average Bonchev–Trinajstić information content (AvgIpc) is 2.86. The molecule has 0 unspecified atom stereocenters. The third kappa shape index (κ3) is 15.2. The number of hydrogen-bond donors (Lipinski definition) is 0. The Bertz CT molecular complexity index is 216. The lowest BCUT2D eigenvalue weighted by molar-refractivity contribution is 0.0716. The summed E-state index contributed by atoms with van der Waals surface area (Å²) in [6.45, 7) is 14.4. The maximum Gasteiger partial charge on any atom is 0.126 e. The molecule has 0 aromatic carbocycles. The molecule has 2 rings (SSSR count). The lowest BCUT2D eigenvalue weighted by Gasteiger charge is -2.16. The van der Waals surface area contributed by atoms with Crippen LogP contribution in [0.2, 0.25) is 0 Å². The molecule has 18 heavy (non-hydrogen) atoms. The predicted molar refractivity (Wildman–Crippen MR) is 77.8 cm³/mol. The van der Waals surface area contributed by atoms with Crippen LogP contribution in [0.4, 0.5) is 0 Å². The molecular formula is C15H31NO2. The fourth-order valence-electron chi connectivity index (χ4n) is 1.07. The van der Waals surface area contributed by atoms with Crippen molar-refractivity contribution >= 4 is 0 Å². The van der Waals surface area contributed by atoms with E-state index in [-0.39, 0.29) is 0 Å². The van der Waals surface area contributed by atoms with Gasteiger partial charge in [-0.2, -0.15) is 0 Å². The smallest absolute Gasteiger partial charge is 0.126 e. The molecule has 1 aromatic rings. The zero-order chi connectivity index (χ0) is 14.2. The van der Waals surface area contributed by atoms with E-state index in [1.165, 1.54) is 19.3 Å². The number of nitrogens with zero attached hydrogens (tertiary/aromatic N) is 1. The van der Waals surface area contributed by atoms with E-state index in [1.54, 1.807) is 12.5 Å². The van der Waals surface area contributed by atoms with E-state index in [4.69, 9.17) is 4.74 Å². The Morgan fingerprint density at radius 3 is 1.89 bits per heavy atom. The van der Waals surface area contributed by atoms with Crippen LogP contribution in [0.15, 0.2) is 17.0 Å². The normalized spacial score (nSPS) is 14.1. The van der Waals surface area contributed by atoms with Crippen molar-refractivity contribution < 1.29 is 9.26 Å². The molecule has 0 amide bonds. The summed E-state index contributed by atoms with van der Waals surface area (Å²) in [7, 11) is 0. The maximum absolute atomic E-state index is 5.14. The molecular weight excluding hydrogens is 226 g/mol. The van der Waals surface area contributed by atoms with Crippen molar-refractivity contribution in [3.8, 4) is 0 Å². The van der Waals surface area contributed by atoms with Crippen LogP contribution in [0.1, 0.15) is 59.4 Å². The highest BCUT2D eigenvalue weighted by atomic mass is 16.5. The Kier molecular flexibility index (Phi) is 17.5. The van der Waals surface area contributed by atoms with Crippen molar-refractivity contribution in [1.29, 1.82) is 0 Å². The third-order valence-electron chi connectivity index (χ3n) is 2.07. The van der Waals surface area contributed by atoms with Crippen LogP contribution < -0.4 is 0 Å². The number of ether oxygens (including phenoxy) is 1. The van der Waals surface area contributed by atoms with Gasteiger partial charge < -0.3 is 9.26 Å². The molecule has 2 heterocycles. The molecule has 0 aliphatic carbocycles. The van der Waals surface area contributed by atoms with Gasteiger partial charge in [0, 0.05) is 18.8 Å². The van der Waals surface area contributed by atoms with Crippen LogP contribution in [0.25, 0.3) is 0 Å². The lowest BCUT2D eigenvalue weighted by atomic mass is 10.0. The van der Waals surface area contributed by atoms with Crippen molar-refractivity contribution in [1.82, 2.24) is 5.16 Å². The SMILES string of the molecule is CC.CC1CCOCC1.CCC.Cc1cnoc1. The standard InChI is InChI=1S/C6H12O.C4H5NO.C3H8.C2H6/c1-6-2-4-7-5-3-6;1-4-2-5-6-3-4;1-3-2;1-2/h6H,2-5H2,1H3;2-3H,1H3;3H2,1-2H3;1-2H3. The Hall–Kier alpha value is -0.830. The van der Waals surface area contributed by atoms with Gasteiger partial charge in [0.1, 0.15) is 6.26 Å². The second-order valence-electron chi connectivity index (χ2n) is 4.20. The number of aromatic nitrogens is 1. The Balaban J connectivity index is 0. The highest BCUT2D eigenvalue weighted by molar-refractivity contribution is 4.94. The van der Waals surface area contributed by atoms with Crippen LogP contribution in [0, 0.1) is 12.8 Å². The second-order valence-corrected chi connectivity index (χ2v) is 4.20. The zero-order valence-corrected chi connectivity index (χ0v) is 13.0. The van der Waals surface area contributed by atoms with Gasteiger partial charge in [-0.1, -0.05) is 46.2 Å². The van der Waals surface area contributed by atoms with Gasteiger partial charge in [0.2, 0.25) is 0 Å². The second kappa shape index (κ2) is 16.2. The van der Waals surface area contributed by atoms with E-state index in [2.05, 4.69) is 30.5 Å². The predicted octanol–water partition coefficient (Wildman–Crippen LogP) is 4.86. The van der Waals surface area contributed by atoms with Crippen LogP contribution >= 0.6 is 0 Å². The fourth-order valence-corrected chi connectivity index (χ4v) is 1.07. The van der Waals surface area contributed by atoms with Gasteiger partial charge in [0.15, 0.2) is 0 Å². The largest absolute Gasteiger partial charge is 0.381 e. The quantitative estimate of drug-likeness (QED) is 0.666. The van der Waals surface area contributed by atoms with Gasteiger partial charge in [0.05, 0.1) is 6.20 Å². The molecule has 3 heteroatoms. The minimum Gasteiger partial charge on any atom is -0.381 e. The number of hydrogen-bond acceptors (Lipinski definition) is 3. The molecule has 0 radical (unpaired) electrons. The van der Waals surface area contributed by atoms with Crippen molar-refractivity contribution in [2.24, 2.45) is 5.92 Å². The molecule has 108 valence electrons. The molecule has 3 nitrogen and oxygen atoms in total. The summed E-state index contributed by atoms with van der Waals surface area (Å²) in [6, 6.07) is 0. The first-order valence-electron chi connectivity index (χ1n) is 7.14. The Morgan fingerprint density at radius 1 is 1.22 bits per heavy atom. The Labute approximate surface area is 113 Å². The number of aryl methyl sites for hydroxylation is 1. The first kappa shape index (κ1) is 19.5. The van der Waals surface area contributed by atoms with E-state index < -0.39 is 0 Å². The van der Waals surface area contributed by atoms with Gasteiger partial charge in [-0.05, 0) is 25.7 Å². The van der Waals surface area contributed by atoms with Crippen molar-refractivity contribution in [2.75, 3.05) is 13.2 Å². The third-order valence-corrected chi connectivity index (χ3v) is 2.07. The minimum absolute atomic E-state index is 0.911. The van der Waals surface area contributed by atoms with Gasteiger partial charge in [-0.3, -0.25) is 0 Å². The average molecular weight is 257 g/mol. The summed E-state index contributed by atoms with van der Waals surface area (Å²) < 4.78 is 9.60. The van der Waals surface area contributed by atoms with Gasteiger partial charge >= 0.3 is 0 Å². The summed E-state index contributed by atoms with van der Waals surface area (Å²) in [6.07, 6.45) is 7.04. The zero-order valence-electron chi connectivity index (χ0n) is 13.0.